The van der Waals surface area contributed by atoms with Crippen LogP contribution in [0.1, 0.15) is 16.8 Å². The first-order valence-corrected chi connectivity index (χ1v) is 7.05. The maximum Gasteiger partial charge on any atom is 0.387 e. The third-order valence-corrected chi connectivity index (χ3v) is 2.66. The molecule has 0 aromatic heterocycles. The van der Waals surface area contributed by atoms with Crippen LogP contribution in [0.3, 0.4) is 0 Å². The molecule has 0 radical (unpaired) electrons. The first-order valence-electron chi connectivity index (χ1n) is 7.05. The Hall–Kier alpha value is -3.22. The van der Waals surface area contributed by atoms with Crippen LogP contribution < -0.4 is 15.4 Å². The number of carbonyl (C=O) groups is 3. The standard InChI is InChI=1S/C15H15F2N3O5/c16-15(17)25-11-5-2-1-4-10(11)14(23)20-8-13(22)24-9-12(21)19-7-3-6-18/h1-2,4-5,15H,3,7-9H2,(H,19,21)(H,20,23). The monoisotopic (exact) mass is 355 g/mol. The highest BCUT2D eigenvalue weighted by atomic mass is 19.3. The van der Waals surface area contributed by atoms with E-state index in [1.54, 1.807) is 0 Å². The largest absolute Gasteiger partial charge is 0.454 e. The fourth-order valence-corrected chi connectivity index (χ4v) is 1.61. The molecule has 1 rings (SSSR count). The van der Waals surface area contributed by atoms with Crippen molar-refractivity contribution in [1.29, 1.82) is 5.26 Å². The van der Waals surface area contributed by atoms with Crippen LogP contribution in [-0.4, -0.2) is 44.1 Å². The van der Waals surface area contributed by atoms with E-state index in [0.717, 1.165) is 0 Å². The summed E-state index contributed by atoms with van der Waals surface area (Å²) in [5, 5.41) is 12.8. The minimum Gasteiger partial charge on any atom is -0.454 e. The molecule has 8 nitrogen and oxygen atoms in total. The minimum absolute atomic E-state index is 0.121. The van der Waals surface area contributed by atoms with Crippen molar-refractivity contribution in [2.75, 3.05) is 19.7 Å². The van der Waals surface area contributed by atoms with Crippen LogP contribution in [0.2, 0.25) is 0 Å². The van der Waals surface area contributed by atoms with E-state index in [4.69, 9.17) is 5.26 Å². The van der Waals surface area contributed by atoms with Gasteiger partial charge >= 0.3 is 12.6 Å². The molecule has 0 atom stereocenters. The number of rotatable bonds is 9. The second kappa shape index (κ2) is 10.5. The molecule has 0 saturated carbocycles. The van der Waals surface area contributed by atoms with Crippen molar-refractivity contribution in [3.8, 4) is 11.8 Å². The number of halogens is 2. The van der Waals surface area contributed by atoms with E-state index in [-0.39, 0.29) is 24.3 Å². The summed E-state index contributed by atoms with van der Waals surface area (Å²) in [5.74, 6) is -2.63. The summed E-state index contributed by atoms with van der Waals surface area (Å²) >= 11 is 0. The molecule has 0 saturated heterocycles. The summed E-state index contributed by atoms with van der Waals surface area (Å²) in [6.07, 6.45) is 0.121. The molecule has 134 valence electrons. The van der Waals surface area contributed by atoms with Crippen molar-refractivity contribution in [3.05, 3.63) is 29.8 Å². The maximum atomic E-state index is 12.3. The minimum atomic E-state index is -3.10. The average molecular weight is 355 g/mol. The normalized spacial score (nSPS) is 9.84. The topological polar surface area (TPSA) is 118 Å². The molecule has 0 heterocycles. The van der Waals surface area contributed by atoms with Gasteiger partial charge in [-0.15, -0.1) is 0 Å². The van der Waals surface area contributed by atoms with Crippen LogP contribution >= 0.6 is 0 Å². The van der Waals surface area contributed by atoms with E-state index in [1.807, 2.05) is 6.07 Å². The highest BCUT2D eigenvalue weighted by molar-refractivity contribution is 5.98. The van der Waals surface area contributed by atoms with E-state index in [9.17, 15) is 23.2 Å². The van der Waals surface area contributed by atoms with Crippen LogP contribution in [0.15, 0.2) is 24.3 Å². The highest BCUT2D eigenvalue weighted by Gasteiger charge is 2.16. The lowest BCUT2D eigenvalue weighted by atomic mass is 10.2. The van der Waals surface area contributed by atoms with E-state index in [1.165, 1.54) is 24.3 Å². The number of ether oxygens (including phenoxy) is 2. The third-order valence-electron chi connectivity index (χ3n) is 2.66. The molecule has 1 aromatic carbocycles. The number of amides is 2. The first-order chi connectivity index (χ1) is 11.9. The number of esters is 1. The summed E-state index contributed by atoms with van der Waals surface area (Å²) < 4.78 is 33.4. The SMILES string of the molecule is N#CCCNC(=O)COC(=O)CNC(=O)c1ccccc1OC(F)F. The van der Waals surface area contributed by atoms with Crippen LogP contribution in [-0.2, 0) is 14.3 Å². The molecule has 0 aliphatic heterocycles. The number of nitriles is 1. The molecule has 0 spiro atoms. The van der Waals surface area contributed by atoms with Crippen molar-refractivity contribution in [1.82, 2.24) is 10.6 Å². The Kier molecular flexibility index (Phi) is 8.35. The van der Waals surface area contributed by atoms with E-state index in [0.29, 0.717) is 0 Å². The van der Waals surface area contributed by atoms with Crippen molar-refractivity contribution in [2.24, 2.45) is 0 Å². The van der Waals surface area contributed by atoms with Gasteiger partial charge in [-0.2, -0.15) is 14.0 Å². The Morgan fingerprint density at radius 3 is 2.60 bits per heavy atom. The molecule has 1 aromatic rings. The number of para-hydroxylation sites is 1. The van der Waals surface area contributed by atoms with Gasteiger partial charge in [0.2, 0.25) is 0 Å². The number of nitrogens with one attached hydrogen (secondary N) is 2. The highest BCUT2D eigenvalue weighted by Crippen LogP contribution is 2.19. The molecule has 2 amide bonds. The molecular weight excluding hydrogens is 340 g/mol. The van der Waals surface area contributed by atoms with Gasteiger partial charge in [0.05, 0.1) is 18.1 Å². The smallest absolute Gasteiger partial charge is 0.387 e. The summed E-state index contributed by atoms with van der Waals surface area (Å²) in [6, 6.07) is 7.11. The number of alkyl halides is 2. The molecule has 0 fully saturated rings. The molecule has 25 heavy (non-hydrogen) atoms. The zero-order chi connectivity index (χ0) is 18.7. The lowest BCUT2D eigenvalue weighted by molar-refractivity contribution is -0.147. The first kappa shape index (κ1) is 19.8. The van der Waals surface area contributed by atoms with Gasteiger partial charge in [-0.05, 0) is 12.1 Å². The molecule has 0 aliphatic carbocycles. The van der Waals surface area contributed by atoms with E-state index in [2.05, 4.69) is 20.1 Å². The zero-order valence-corrected chi connectivity index (χ0v) is 13.0. The van der Waals surface area contributed by atoms with Crippen LogP contribution in [0.25, 0.3) is 0 Å². The van der Waals surface area contributed by atoms with Crippen LogP contribution in [0.4, 0.5) is 8.78 Å². The Bertz CT molecular complexity index is 661. The molecule has 10 heteroatoms. The van der Waals surface area contributed by atoms with Gasteiger partial charge in [-0.25, -0.2) is 0 Å². The second-order valence-corrected chi connectivity index (χ2v) is 4.48. The van der Waals surface area contributed by atoms with Crippen LogP contribution in [0, 0.1) is 11.3 Å². The molecule has 0 aliphatic rings. The summed E-state index contributed by atoms with van der Waals surface area (Å²) in [5.41, 5.74) is -0.176. The van der Waals surface area contributed by atoms with E-state index >= 15 is 0 Å². The summed E-state index contributed by atoms with van der Waals surface area (Å²) in [6.45, 7) is -4.10. The predicted octanol–water partition coefficient (Wildman–Crippen LogP) is 0.591. The summed E-state index contributed by atoms with van der Waals surface area (Å²) in [7, 11) is 0. The Morgan fingerprint density at radius 1 is 1.20 bits per heavy atom. The molecule has 0 bridgehead atoms. The van der Waals surface area contributed by atoms with Crippen molar-refractivity contribution in [2.45, 2.75) is 13.0 Å². The van der Waals surface area contributed by atoms with Gasteiger partial charge in [-0.3, -0.25) is 14.4 Å². The Morgan fingerprint density at radius 2 is 1.92 bits per heavy atom. The molecular formula is C15H15F2N3O5. The van der Waals surface area contributed by atoms with Crippen molar-refractivity contribution in [3.63, 3.8) is 0 Å². The van der Waals surface area contributed by atoms with Crippen molar-refractivity contribution < 1.29 is 32.6 Å². The molecule has 0 unspecified atom stereocenters. The van der Waals surface area contributed by atoms with Gasteiger partial charge < -0.3 is 20.1 Å². The number of carbonyl (C=O) groups excluding carboxylic acids is 3. The van der Waals surface area contributed by atoms with Gasteiger partial charge in [-0.1, -0.05) is 12.1 Å². The quantitative estimate of drug-likeness (QED) is 0.494. The number of hydrogen-bond donors (Lipinski definition) is 2. The average Bonchev–Trinajstić information content (AvgIpc) is 2.58. The zero-order valence-electron chi connectivity index (χ0n) is 13.0. The number of nitrogens with zero attached hydrogens (tertiary/aromatic N) is 1. The lowest BCUT2D eigenvalue weighted by Gasteiger charge is -2.10. The number of benzene rings is 1. The Labute approximate surface area is 141 Å². The maximum absolute atomic E-state index is 12.3. The third kappa shape index (κ3) is 7.74. The van der Waals surface area contributed by atoms with Gasteiger partial charge in [0.15, 0.2) is 6.61 Å². The van der Waals surface area contributed by atoms with E-state index < -0.39 is 37.5 Å². The van der Waals surface area contributed by atoms with Crippen molar-refractivity contribution >= 4 is 17.8 Å². The van der Waals surface area contributed by atoms with Gasteiger partial charge in [0, 0.05) is 6.54 Å². The lowest BCUT2D eigenvalue weighted by Crippen LogP contribution is -2.34. The predicted molar refractivity (Wildman–Crippen MR) is 79.6 cm³/mol. The fourth-order valence-electron chi connectivity index (χ4n) is 1.61. The second-order valence-electron chi connectivity index (χ2n) is 4.48. The van der Waals surface area contributed by atoms with Gasteiger partial charge in [0.25, 0.3) is 11.8 Å². The molecule has 2 N–H and O–H groups in total. The van der Waals surface area contributed by atoms with Crippen LogP contribution in [0.5, 0.6) is 5.75 Å². The summed E-state index contributed by atoms with van der Waals surface area (Å²) in [4.78, 5) is 34.6. The van der Waals surface area contributed by atoms with Gasteiger partial charge in [0.1, 0.15) is 12.3 Å². The number of hydrogen-bond acceptors (Lipinski definition) is 6. The Balaban J connectivity index is 2.42. The fraction of sp³-hybridized carbons (Fsp3) is 0.333.